The first-order valence-electron chi connectivity index (χ1n) is 3.45. The highest BCUT2D eigenvalue weighted by molar-refractivity contribution is 14.1. The molecule has 0 aliphatic heterocycles. The lowest BCUT2D eigenvalue weighted by Gasteiger charge is -1.94. The molecule has 1 N–H and O–H groups in total. The van der Waals surface area contributed by atoms with E-state index in [1.165, 1.54) is 0 Å². The number of pyridine rings is 1. The Kier molecular flexibility index (Phi) is 2.14. The van der Waals surface area contributed by atoms with Crippen LogP contribution < -0.4 is 0 Å². The van der Waals surface area contributed by atoms with E-state index in [0.29, 0.717) is 10.7 Å². The molecule has 0 fully saturated rings. The van der Waals surface area contributed by atoms with Crippen LogP contribution in [0.2, 0.25) is 5.02 Å². The second-order valence-corrected chi connectivity index (χ2v) is 4.03. The van der Waals surface area contributed by atoms with Crippen LogP contribution in [0.25, 0.3) is 11.0 Å². The number of hydrogen-bond acceptors (Lipinski definition) is 2. The molecule has 2 rings (SSSR count). The largest absolute Gasteiger partial charge is 0.345 e. The lowest BCUT2D eigenvalue weighted by atomic mass is 10.3. The van der Waals surface area contributed by atoms with Gasteiger partial charge in [0.15, 0.2) is 5.69 Å². The average molecular weight is 303 g/mol. The summed E-state index contributed by atoms with van der Waals surface area (Å²) in [5, 5.41) is 10.0. The fourth-order valence-electron chi connectivity index (χ4n) is 1.07. The van der Waals surface area contributed by atoms with Crippen LogP contribution in [0.1, 0.15) is 5.69 Å². The van der Waals surface area contributed by atoms with E-state index in [4.69, 9.17) is 16.9 Å². The smallest absolute Gasteiger partial charge is 0.161 e. The minimum atomic E-state index is 0.257. The van der Waals surface area contributed by atoms with Crippen LogP contribution in [-0.2, 0) is 0 Å². The number of nitrogens with zero attached hydrogens (tertiary/aromatic N) is 2. The SMILES string of the molecule is N#Cc1nc2[nH]cc(I)c2cc1Cl. The van der Waals surface area contributed by atoms with Crippen LogP contribution in [-0.4, -0.2) is 9.97 Å². The molecule has 0 bridgehead atoms. The molecule has 0 aliphatic carbocycles. The number of hydrogen-bond donors (Lipinski definition) is 1. The number of halogens is 2. The Balaban J connectivity index is 2.85. The van der Waals surface area contributed by atoms with Crippen molar-refractivity contribution in [1.29, 1.82) is 5.26 Å². The van der Waals surface area contributed by atoms with Crippen molar-refractivity contribution in [2.24, 2.45) is 0 Å². The molecule has 0 atom stereocenters. The van der Waals surface area contributed by atoms with Gasteiger partial charge in [0.2, 0.25) is 0 Å². The van der Waals surface area contributed by atoms with Gasteiger partial charge in [0.1, 0.15) is 11.7 Å². The zero-order valence-corrected chi connectivity index (χ0v) is 9.22. The summed E-state index contributed by atoms with van der Waals surface area (Å²) in [6, 6.07) is 3.68. The first kappa shape index (κ1) is 8.78. The Bertz CT molecular complexity index is 512. The average Bonchev–Trinajstić information content (AvgIpc) is 2.47. The van der Waals surface area contributed by atoms with Gasteiger partial charge in [-0.1, -0.05) is 11.6 Å². The fourth-order valence-corrected chi connectivity index (χ4v) is 1.83. The van der Waals surface area contributed by atoms with Gasteiger partial charge in [-0.25, -0.2) is 4.98 Å². The molecule has 0 amide bonds. The van der Waals surface area contributed by atoms with E-state index in [9.17, 15) is 0 Å². The predicted molar refractivity (Wildman–Crippen MR) is 58.5 cm³/mol. The fraction of sp³-hybridized carbons (Fsp3) is 0. The van der Waals surface area contributed by atoms with E-state index in [2.05, 4.69) is 32.6 Å². The molecule has 0 unspecified atom stereocenters. The standard InChI is InChI=1S/C8H3ClIN3/c9-5-1-4-6(10)3-12-8(4)13-7(5)2-11/h1,3H,(H,12,13). The number of aromatic nitrogens is 2. The summed E-state index contributed by atoms with van der Waals surface area (Å²) in [5.41, 5.74) is 0.956. The van der Waals surface area contributed by atoms with Crippen molar-refractivity contribution < 1.29 is 0 Å². The number of H-pyrrole nitrogens is 1. The molecule has 0 saturated carbocycles. The predicted octanol–water partition coefficient (Wildman–Crippen LogP) is 2.69. The molecule has 0 radical (unpaired) electrons. The molecule has 0 aromatic carbocycles. The Morgan fingerprint density at radius 1 is 1.62 bits per heavy atom. The summed E-state index contributed by atoms with van der Waals surface area (Å²) in [6.07, 6.45) is 1.83. The molecule has 2 aromatic rings. The topological polar surface area (TPSA) is 52.5 Å². The van der Waals surface area contributed by atoms with E-state index in [1.54, 1.807) is 6.07 Å². The van der Waals surface area contributed by atoms with Crippen LogP contribution in [0, 0.1) is 14.9 Å². The molecule has 5 heteroatoms. The first-order valence-corrected chi connectivity index (χ1v) is 4.91. The quantitative estimate of drug-likeness (QED) is 0.761. The van der Waals surface area contributed by atoms with Crippen LogP contribution in [0.4, 0.5) is 0 Å². The maximum atomic E-state index is 8.67. The summed E-state index contributed by atoms with van der Waals surface area (Å²) >= 11 is 8.01. The van der Waals surface area contributed by atoms with Crippen molar-refractivity contribution >= 4 is 45.2 Å². The molecular weight excluding hydrogens is 300 g/mol. The number of rotatable bonds is 0. The minimum absolute atomic E-state index is 0.257. The highest BCUT2D eigenvalue weighted by Gasteiger charge is 2.07. The van der Waals surface area contributed by atoms with Crippen molar-refractivity contribution in [1.82, 2.24) is 9.97 Å². The second-order valence-electron chi connectivity index (χ2n) is 2.46. The molecule has 0 aliphatic rings. The van der Waals surface area contributed by atoms with Crippen LogP contribution >= 0.6 is 34.2 Å². The summed E-state index contributed by atoms with van der Waals surface area (Å²) in [4.78, 5) is 7.02. The van der Waals surface area contributed by atoms with E-state index in [0.717, 1.165) is 8.96 Å². The summed E-state index contributed by atoms with van der Waals surface area (Å²) in [6.45, 7) is 0. The third kappa shape index (κ3) is 1.38. The molecule has 2 aromatic heterocycles. The van der Waals surface area contributed by atoms with E-state index >= 15 is 0 Å². The van der Waals surface area contributed by atoms with Gasteiger partial charge in [0.05, 0.1) is 5.02 Å². The third-order valence-electron chi connectivity index (χ3n) is 1.67. The highest BCUT2D eigenvalue weighted by Crippen LogP contribution is 2.23. The Morgan fingerprint density at radius 2 is 2.38 bits per heavy atom. The summed E-state index contributed by atoms with van der Waals surface area (Å²) in [7, 11) is 0. The van der Waals surface area contributed by atoms with E-state index < -0.39 is 0 Å². The second kappa shape index (κ2) is 3.16. The minimum Gasteiger partial charge on any atom is -0.345 e. The van der Waals surface area contributed by atoms with Crippen LogP contribution in [0.3, 0.4) is 0 Å². The van der Waals surface area contributed by atoms with Gasteiger partial charge in [-0.3, -0.25) is 0 Å². The molecule has 64 valence electrons. The molecule has 2 heterocycles. The summed E-state index contributed by atoms with van der Waals surface area (Å²) in [5.74, 6) is 0. The highest BCUT2D eigenvalue weighted by atomic mass is 127. The van der Waals surface area contributed by atoms with Crippen molar-refractivity contribution in [2.45, 2.75) is 0 Å². The lowest BCUT2D eigenvalue weighted by Crippen LogP contribution is -1.85. The molecular formula is C8H3ClIN3. The number of aromatic amines is 1. The number of nitrogens with one attached hydrogen (secondary N) is 1. The van der Waals surface area contributed by atoms with Crippen molar-refractivity contribution in [3.63, 3.8) is 0 Å². The van der Waals surface area contributed by atoms with Crippen LogP contribution in [0.15, 0.2) is 12.3 Å². The maximum absolute atomic E-state index is 8.67. The van der Waals surface area contributed by atoms with Gasteiger partial charge in [-0.05, 0) is 28.7 Å². The Hall–Kier alpha value is -0.800. The van der Waals surface area contributed by atoms with Crippen LogP contribution in [0.5, 0.6) is 0 Å². The Morgan fingerprint density at radius 3 is 3.08 bits per heavy atom. The monoisotopic (exact) mass is 303 g/mol. The van der Waals surface area contributed by atoms with Gasteiger partial charge in [-0.2, -0.15) is 5.26 Å². The van der Waals surface area contributed by atoms with Gasteiger partial charge in [0.25, 0.3) is 0 Å². The molecule has 0 spiro atoms. The van der Waals surface area contributed by atoms with E-state index in [1.807, 2.05) is 12.3 Å². The summed E-state index contributed by atoms with van der Waals surface area (Å²) < 4.78 is 1.05. The Labute approximate surface area is 92.9 Å². The molecule has 3 nitrogen and oxygen atoms in total. The van der Waals surface area contributed by atoms with Gasteiger partial charge < -0.3 is 4.98 Å². The molecule has 13 heavy (non-hydrogen) atoms. The number of nitriles is 1. The van der Waals surface area contributed by atoms with Gasteiger partial charge >= 0.3 is 0 Å². The van der Waals surface area contributed by atoms with Gasteiger partial charge in [-0.15, -0.1) is 0 Å². The number of fused-ring (bicyclic) bond motifs is 1. The van der Waals surface area contributed by atoms with Crippen molar-refractivity contribution in [3.8, 4) is 6.07 Å². The maximum Gasteiger partial charge on any atom is 0.161 e. The zero-order chi connectivity index (χ0) is 9.42. The lowest BCUT2D eigenvalue weighted by molar-refractivity contribution is 1.28. The third-order valence-corrected chi connectivity index (χ3v) is 2.86. The van der Waals surface area contributed by atoms with Gasteiger partial charge in [0, 0.05) is 15.2 Å². The van der Waals surface area contributed by atoms with Crippen molar-refractivity contribution in [3.05, 3.63) is 26.5 Å². The normalized spacial score (nSPS) is 10.2. The zero-order valence-electron chi connectivity index (χ0n) is 6.31. The van der Waals surface area contributed by atoms with E-state index in [-0.39, 0.29) is 5.69 Å². The van der Waals surface area contributed by atoms with Crippen molar-refractivity contribution in [2.75, 3.05) is 0 Å². The molecule has 0 saturated heterocycles. The first-order chi connectivity index (χ1) is 6.22.